The van der Waals surface area contributed by atoms with Crippen molar-refractivity contribution in [1.29, 1.82) is 0 Å². The molecular weight excluding hydrogens is 348 g/mol. The normalized spacial score (nSPS) is 13.9. The van der Waals surface area contributed by atoms with E-state index in [9.17, 15) is 4.79 Å². The van der Waals surface area contributed by atoms with Crippen molar-refractivity contribution >= 4 is 40.8 Å². The number of aldehydes is 1. The minimum Gasteiger partial charge on any atom is -0.326 e. The summed E-state index contributed by atoms with van der Waals surface area (Å²) in [6, 6.07) is 11.9. The first kappa shape index (κ1) is 16.8. The number of imidazole rings is 1. The Bertz CT molecular complexity index is 1120. The average Bonchev–Trinajstić information content (AvgIpc) is 3.31. The van der Waals surface area contributed by atoms with E-state index in [0.29, 0.717) is 5.56 Å². The second kappa shape index (κ2) is 6.25. The van der Waals surface area contributed by atoms with Gasteiger partial charge in [0.15, 0.2) is 5.82 Å². The van der Waals surface area contributed by atoms with Crippen LogP contribution in [0.1, 0.15) is 23.2 Å². The minimum absolute atomic E-state index is 0. The average molecular weight is 367 g/mol. The summed E-state index contributed by atoms with van der Waals surface area (Å²) in [6.45, 7) is 0.985. The topological polar surface area (TPSA) is 52.7 Å². The van der Waals surface area contributed by atoms with Crippen LogP contribution in [-0.4, -0.2) is 25.4 Å². The van der Waals surface area contributed by atoms with Crippen LogP contribution in [0.2, 0.25) is 0 Å². The third-order valence-electron chi connectivity index (χ3n) is 5.06. The van der Waals surface area contributed by atoms with Gasteiger partial charge in [-0.15, -0.1) is 12.4 Å². The Morgan fingerprint density at radius 1 is 1.23 bits per heavy atom. The molecule has 0 amide bonds. The van der Waals surface area contributed by atoms with Gasteiger partial charge in [0, 0.05) is 30.7 Å². The van der Waals surface area contributed by atoms with E-state index >= 15 is 0 Å². The summed E-state index contributed by atoms with van der Waals surface area (Å²) >= 11 is 0. The highest BCUT2D eigenvalue weighted by Crippen LogP contribution is 2.35. The standard InChI is InChI=1S/C20H18N4O.ClH/c1-23-17-7-6-14(12-25)9-16(17)22-20(23)18-10-15-3-2-8-21-19(15)24(18)11-13-4-5-13;/h2-3,6-10,12-13H,4-5,11H2,1H3;1H. The molecule has 0 atom stereocenters. The van der Waals surface area contributed by atoms with Gasteiger partial charge in [0.1, 0.15) is 11.9 Å². The van der Waals surface area contributed by atoms with Crippen LogP contribution in [0.5, 0.6) is 0 Å². The van der Waals surface area contributed by atoms with Gasteiger partial charge in [-0.1, -0.05) is 0 Å². The van der Waals surface area contributed by atoms with E-state index in [-0.39, 0.29) is 12.4 Å². The number of pyridine rings is 1. The van der Waals surface area contributed by atoms with Crippen molar-refractivity contribution in [3.63, 3.8) is 0 Å². The molecule has 1 saturated carbocycles. The molecule has 6 heteroatoms. The first-order chi connectivity index (χ1) is 12.2. The molecule has 1 aliphatic rings. The fourth-order valence-corrected chi connectivity index (χ4v) is 3.53. The zero-order chi connectivity index (χ0) is 17.0. The summed E-state index contributed by atoms with van der Waals surface area (Å²) in [5, 5.41) is 1.14. The maximum absolute atomic E-state index is 11.1. The summed E-state index contributed by atoms with van der Waals surface area (Å²) in [7, 11) is 2.03. The van der Waals surface area contributed by atoms with Crippen molar-refractivity contribution in [2.24, 2.45) is 13.0 Å². The molecule has 0 unspecified atom stereocenters. The van der Waals surface area contributed by atoms with E-state index in [2.05, 4.69) is 26.3 Å². The van der Waals surface area contributed by atoms with Gasteiger partial charge < -0.3 is 9.13 Å². The molecule has 1 aromatic carbocycles. The van der Waals surface area contributed by atoms with Gasteiger partial charge >= 0.3 is 0 Å². The molecule has 0 spiro atoms. The number of benzene rings is 1. The number of hydrogen-bond acceptors (Lipinski definition) is 3. The van der Waals surface area contributed by atoms with Crippen LogP contribution in [0.4, 0.5) is 0 Å². The quantitative estimate of drug-likeness (QED) is 0.508. The Kier molecular flexibility index (Phi) is 4.04. The molecule has 0 saturated heterocycles. The fourth-order valence-electron chi connectivity index (χ4n) is 3.53. The Morgan fingerprint density at radius 3 is 2.85 bits per heavy atom. The predicted octanol–water partition coefficient (Wildman–Crippen LogP) is 4.23. The van der Waals surface area contributed by atoms with Crippen LogP contribution in [-0.2, 0) is 13.6 Å². The van der Waals surface area contributed by atoms with E-state index in [1.165, 1.54) is 12.8 Å². The first-order valence-electron chi connectivity index (χ1n) is 8.61. The van der Waals surface area contributed by atoms with E-state index in [1.54, 1.807) is 0 Å². The second-order valence-corrected chi connectivity index (χ2v) is 6.86. The molecule has 1 aliphatic carbocycles. The number of nitrogens with zero attached hydrogens (tertiary/aromatic N) is 4. The van der Waals surface area contributed by atoms with Crippen molar-refractivity contribution in [1.82, 2.24) is 19.1 Å². The summed E-state index contributed by atoms with van der Waals surface area (Å²) in [4.78, 5) is 20.5. The number of halogens is 1. The van der Waals surface area contributed by atoms with Crippen molar-refractivity contribution in [2.75, 3.05) is 0 Å². The van der Waals surface area contributed by atoms with Crippen LogP contribution in [0, 0.1) is 5.92 Å². The van der Waals surface area contributed by atoms with E-state index < -0.39 is 0 Å². The van der Waals surface area contributed by atoms with Crippen LogP contribution in [0.25, 0.3) is 33.6 Å². The van der Waals surface area contributed by atoms with E-state index in [0.717, 1.165) is 52.3 Å². The lowest BCUT2D eigenvalue weighted by atomic mass is 10.2. The predicted molar refractivity (Wildman–Crippen MR) is 105 cm³/mol. The zero-order valence-electron chi connectivity index (χ0n) is 14.4. The Labute approximate surface area is 157 Å². The molecule has 0 N–H and O–H groups in total. The molecule has 0 radical (unpaired) electrons. The number of carbonyl (C=O) groups is 1. The van der Waals surface area contributed by atoms with Gasteiger partial charge in [-0.25, -0.2) is 9.97 Å². The van der Waals surface area contributed by atoms with Gasteiger partial charge in [0.05, 0.1) is 16.7 Å². The third-order valence-corrected chi connectivity index (χ3v) is 5.06. The van der Waals surface area contributed by atoms with Crippen molar-refractivity contribution < 1.29 is 4.79 Å². The van der Waals surface area contributed by atoms with Gasteiger partial charge in [-0.3, -0.25) is 4.79 Å². The SMILES string of the molecule is Cl.Cn1c(-c2cc3cccnc3n2CC2CC2)nc2cc(C=O)ccc21. The monoisotopic (exact) mass is 366 g/mol. The number of aromatic nitrogens is 4. The Morgan fingerprint density at radius 2 is 2.08 bits per heavy atom. The van der Waals surface area contributed by atoms with E-state index in [4.69, 9.17) is 4.98 Å². The first-order valence-corrected chi connectivity index (χ1v) is 8.61. The molecule has 26 heavy (non-hydrogen) atoms. The number of aryl methyl sites for hydroxylation is 1. The highest BCUT2D eigenvalue weighted by atomic mass is 35.5. The largest absolute Gasteiger partial charge is 0.326 e. The maximum atomic E-state index is 11.1. The number of fused-ring (bicyclic) bond motifs is 2. The molecule has 3 heterocycles. The summed E-state index contributed by atoms with van der Waals surface area (Å²) < 4.78 is 4.40. The molecule has 5 rings (SSSR count). The molecule has 5 nitrogen and oxygen atoms in total. The highest BCUT2D eigenvalue weighted by molar-refractivity contribution is 5.89. The van der Waals surface area contributed by atoms with E-state index in [1.807, 2.05) is 37.5 Å². The van der Waals surface area contributed by atoms with Crippen LogP contribution >= 0.6 is 12.4 Å². The van der Waals surface area contributed by atoms with Gasteiger partial charge in [0.2, 0.25) is 0 Å². The van der Waals surface area contributed by atoms with Crippen molar-refractivity contribution in [2.45, 2.75) is 19.4 Å². The lowest BCUT2D eigenvalue weighted by molar-refractivity contribution is 0.112. The van der Waals surface area contributed by atoms with Gasteiger partial charge in [-0.2, -0.15) is 0 Å². The van der Waals surface area contributed by atoms with Crippen LogP contribution in [0.15, 0.2) is 42.6 Å². The Balaban J connectivity index is 0.00000168. The van der Waals surface area contributed by atoms with Crippen molar-refractivity contribution in [3.8, 4) is 11.5 Å². The molecule has 3 aromatic heterocycles. The van der Waals surface area contributed by atoms with Crippen LogP contribution in [0.3, 0.4) is 0 Å². The highest BCUT2D eigenvalue weighted by Gasteiger charge is 2.25. The second-order valence-electron chi connectivity index (χ2n) is 6.86. The summed E-state index contributed by atoms with van der Waals surface area (Å²) in [6.07, 6.45) is 5.29. The molecule has 4 aromatic rings. The number of rotatable bonds is 4. The zero-order valence-corrected chi connectivity index (χ0v) is 15.2. The molecular formula is C20H19ClN4O. The number of hydrogen-bond donors (Lipinski definition) is 0. The third kappa shape index (κ3) is 2.59. The smallest absolute Gasteiger partial charge is 0.157 e. The summed E-state index contributed by atoms with van der Waals surface area (Å²) in [5.41, 5.74) is 4.63. The number of carbonyl (C=O) groups excluding carboxylic acids is 1. The fraction of sp³-hybridized carbons (Fsp3) is 0.250. The van der Waals surface area contributed by atoms with Crippen molar-refractivity contribution in [3.05, 3.63) is 48.2 Å². The van der Waals surface area contributed by atoms with Gasteiger partial charge in [0.25, 0.3) is 0 Å². The molecule has 0 bridgehead atoms. The Hall–Kier alpha value is -2.66. The lowest BCUT2D eigenvalue weighted by Crippen LogP contribution is -2.05. The summed E-state index contributed by atoms with van der Waals surface area (Å²) in [5.74, 6) is 1.66. The van der Waals surface area contributed by atoms with Crippen LogP contribution < -0.4 is 0 Å². The molecule has 132 valence electrons. The van der Waals surface area contributed by atoms with Gasteiger partial charge in [-0.05, 0) is 55.2 Å². The maximum Gasteiger partial charge on any atom is 0.157 e. The lowest BCUT2D eigenvalue weighted by Gasteiger charge is -2.09. The molecule has 1 fully saturated rings. The molecule has 0 aliphatic heterocycles. The minimum atomic E-state index is 0.